The van der Waals surface area contributed by atoms with Gasteiger partial charge in [0.25, 0.3) is 5.91 Å². The molecule has 4 atom stereocenters. The minimum atomic E-state index is -1.05. The highest BCUT2D eigenvalue weighted by Crippen LogP contribution is 2.18. The van der Waals surface area contributed by atoms with Crippen LogP contribution in [-0.2, 0) is 19.1 Å². The maximum Gasteiger partial charge on any atom is 0.407 e. The highest BCUT2D eigenvalue weighted by Gasteiger charge is 2.34. The number of carbonyl (C=O) groups excluding carboxylic acids is 3. The van der Waals surface area contributed by atoms with Crippen LogP contribution >= 0.6 is 11.8 Å². The van der Waals surface area contributed by atoms with Crippen LogP contribution in [0, 0.1) is 5.92 Å². The topological polar surface area (TPSA) is 148 Å². The number of esters is 1. The van der Waals surface area contributed by atoms with E-state index < -0.39 is 35.8 Å². The molecule has 1 rings (SSSR count). The summed E-state index contributed by atoms with van der Waals surface area (Å²) < 4.78 is 9.81. The number of carboxylic acids is 1. The first-order valence-corrected chi connectivity index (χ1v) is 15.0. The van der Waals surface area contributed by atoms with E-state index in [1.165, 1.54) is 12.0 Å². The van der Waals surface area contributed by atoms with Crippen LogP contribution in [0.5, 0.6) is 0 Å². The Morgan fingerprint density at radius 3 is 2.15 bits per heavy atom. The Labute approximate surface area is 243 Å². The minimum absolute atomic E-state index is 0.0136. The molecule has 0 fully saturated rings. The number of amides is 2. The first-order chi connectivity index (χ1) is 18.7. The summed E-state index contributed by atoms with van der Waals surface area (Å²) in [5, 5.41) is 12.7. The number of rotatable bonds is 14. The largest absolute Gasteiger partial charge is 0.480 e. The normalized spacial score (nSPS) is 13.9. The first-order valence-electron chi connectivity index (χ1n) is 13.6. The summed E-state index contributed by atoms with van der Waals surface area (Å²) >= 11 is 1.67. The van der Waals surface area contributed by atoms with Crippen LogP contribution in [0.2, 0.25) is 0 Å². The lowest BCUT2D eigenvalue weighted by Crippen LogP contribution is -2.54. The molecule has 0 heterocycles. The molecule has 0 spiro atoms. The van der Waals surface area contributed by atoms with Crippen LogP contribution in [-0.4, -0.2) is 83.3 Å². The second kappa shape index (κ2) is 19.3. The van der Waals surface area contributed by atoms with Gasteiger partial charge in [-0.1, -0.05) is 51.8 Å². The molecule has 0 aliphatic carbocycles. The molecular weight excluding hydrogens is 534 g/mol. The SMILES string of the molecule is CCC[C@@H](C(=O)O)N(C[C@@H](NC(=O)OC(C)(C)C)[C@@H](C)CC)C(=O)c1ccccc1.COC(=O)[C@@H](N)CCSC. The third-order valence-corrected chi connectivity index (χ3v) is 6.71. The summed E-state index contributed by atoms with van der Waals surface area (Å²) in [4.78, 5) is 49.7. The van der Waals surface area contributed by atoms with Crippen molar-refractivity contribution in [2.45, 2.75) is 91.0 Å². The van der Waals surface area contributed by atoms with Gasteiger partial charge in [0.15, 0.2) is 0 Å². The second-order valence-corrected chi connectivity index (χ2v) is 11.5. The zero-order valence-corrected chi connectivity index (χ0v) is 26.1. The molecule has 228 valence electrons. The highest BCUT2D eigenvalue weighted by molar-refractivity contribution is 7.98. The Morgan fingerprint density at radius 1 is 1.10 bits per heavy atom. The Morgan fingerprint density at radius 2 is 1.70 bits per heavy atom. The zero-order valence-electron chi connectivity index (χ0n) is 25.3. The maximum absolute atomic E-state index is 13.2. The Bertz CT molecular complexity index is 909. The molecular formula is C29H49N3O7S. The third kappa shape index (κ3) is 14.6. The van der Waals surface area contributed by atoms with Gasteiger partial charge in [0, 0.05) is 12.1 Å². The molecule has 2 amide bonds. The van der Waals surface area contributed by atoms with Crippen LogP contribution in [0.15, 0.2) is 30.3 Å². The van der Waals surface area contributed by atoms with Crippen molar-refractivity contribution in [3.63, 3.8) is 0 Å². The first kappa shape index (κ1) is 37.2. The summed E-state index contributed by atoms with van der Waals surface area (Å²) in [6.07, 6.45) is 3.77. The number of aliphatic carboxylic acids is 1. The lowest BCUT2D eigenvalue weighted by Gasteiger charge is -2.35. The Hall–Kier alpha value is -2.79. The van der Waals surface area contributed by atoms with E-state index in [0.29, 0.717) is 24.8 Å². The Balaban J connectivity index is 0.00000129. The van der Waals surface area contributed by atoms with Gasteiger partial charge in [0.1, 0.15) is 17.7 Å². The molecule has 0 saturated carbocycles. The summed E-state index contributed by atoms with van der Waals surface area (Å²) in [5.74, 6) is -0.832. The van der Waals surface area contributed by atoms with Crippen molar-refractivity contribution in [1.82, 2.24) is 10.2 Å². The number of carbonyl (C=O) groups is 4. The van der Waals surface area contributed by atoms with Crippen molar-refractivity contribution in [3.05, 3.63) is 35.9 Å². The molecule has 0 saturated heterocycles. The van der Waals surface area contributed by atoms with E-state index in [0.717, 1.165) is 12.2 Å². The molecule has 0 aliphatic rings. The number of nitrogens with zero attached hydrogens (tertiary/aromatic N) is 1. The van der Waals surface area contributed by atoms with E-state index in [4.69, 9.17) is 10.5 Å². The fraction of sp³-hybridized carbons (Fsp3) is 0.655. The molecule has 1 aromatic rings. The number of ether oxygens (including phenoxy) is 2. The predicted octanol–water partition coefficient (Wildman–Crippen LogP) is 4.56. The summed E-state index contributed by atoms with van der Waals surface area (Å²) in [7, 11) is 1.35. The molecule has 40 heavy (non-hydrogen) atoms. The molecule has 11 heteroatoms. The molecule has 0 unspecified atom stereocenters. The van der Waals surface area contributed by atoms with Gasteiger partial charge in [-0.2, -0.15) is 11.8 Å². The number of benzene rings is 1. The van der Waals surface area contributed by atoms with Gasteiger partial charge >= 0.3 is 18.0 Å². The average Bonchev–Trinajstić information content (AvgIpc) is 2.91. The number of nitrogens with one attached hydrogen (secondary N) is 1. The van der Waals surface area contributed by atoms with Gasteiger partial charge in [0.2, 0.25) is 0 Å². The predicted molar refractivity (Wildman–Crippen MR) is 159 cm³/mol. The summed E-state index contributed by atoms with van der Waals surface area (Å²) in [5.41, 5.74) is 5.19. The number of nitrogens with two attached hydrogens (primary N) is 1. The van der Waals surface area contributed by atoms with Gasteiger partial charge in [0.05, 0.1) is 13.2 Å². The number of carboxylic acid groups (broad SMARTS) is 1. The minimum Gasteiger partial charge on any atom is -0.480 e. The molecule has 0 bridgehead atoms. The van der Waals surface area contributed by atoms with Gasteiger partial charge < -0.3 is 30.5 Å². The van der Waals surface area contributed by atoms with E-state index in [-0.39, 0.29) is 24.3 Å². The summed E-state index contributed by atoms with van der Waals surface area (Å²) in [6.45, 7) is 11.2. The second-order valence-electron chi connectivity index (χ2n) is 10.5. The zero-order chi connectivity index (χ0) is 30.9. The molecule has 0 aromatic heterocycles. The van der Waals surface area contributed by atoms with Crippen LogP contribution in [0.4, 0.5) is 4.79 Å². The number of thioether (sulfide) groups is 1. The van der Waals surface area contributed by atoms with Crippen molar-refractivity contribution in [1.29, 1.82) is 0 Å². The van der Waals surface area contributed by atoms with E-state index >= 15 is 0 Å². The average molecular weight is 584 g/mol. The number of alkyl carbamates (subject to hydrolysis) is 1. The molecule has 10 nitrogen and oxygen atoms in total. The highest BCUT2D eigenvalue weighted by atomic mass is 32.2. The van der Waals surface area contributed by atoms with E-state index in [9.17, 15) is 24.3 Å². The molecule has 4 N–H and O–H groups in total. The maximum atomic E-state index is 13.2. The molecule has 0 radical (unpaired) electrons. The fourth-order valence-corrected chi connectivity index (χ4v) is 4.11. The van der Waals surface area contributed by atoms with E-state index in [1.807, 2.05) is 27.0 Å². The van der Waals surface area contributed by atoms with Crippen LogP contribution in [0.3, 0.4) is 0 Å². The smallest absolute Gasteiger partial charge is 0.407 e. The van der Waals surface area contributed by atoms with Gasteiger partial charge in [-0.25, -0.2) is 9.59 Å². The Kier molecular flexibility index (Phi) is 18.0. The quantitative estimate of drug-likeness (QED) is 0.268. The fourth-order valence-electron chi connectivity index (χ4n) is 3.62. The lowest BCUT2D eigenvalue weighted by molar-refractivity contribution is -0.143. The van der Waals surface area contributed by atoms with Crippen molar-refractivity contribution in [3.8, 4) is 0 Å². The van der Waals surface area contributed by atoms with E-state index in [2.05, 4.69) is 10.1 Å². The van der Waals surface area contributed by atoms with Crippen LogP contribution in [0.25, 0.3) is 0 Å². The van der Waals surface area contributed by atoms with Crippen LogP contribution < -0.4 is 11.1 Å². The standard InChI is InChI=1S/C23H36N2O5.C6H13NO2S/c1-7-12-19(21(27)28)25(20(26)17-13-10-9-11-14-17)15-18(16(3)8-2)24-22(29)30-23(4,5)6;1-9-6(8)5(7)3-4-10-2/h9-11,13-14,16,18-19H,7-8,12,15H2,1-6H3,(H,24,29)(H,27,28);5H,3-4,7H2,1-2H3/t16-,18+,19-;5-/m00/s1. The monoisotopic (exact) mass is 583 g/mol. The van der Waals surface area contributed by atoms with E-state index in [1.54, 1.807) is 62.9 Å². The van der Waals surface area contributed by atoms with Crippen molar-refractivity contribution in [2.75, 3.05) is 25.7 Å². The van der Waals surface area contributed by atoms with Crippen molar-refractivity contribution >= 4 is 35.7 Å². The van der Waals surface area contributed by atoms with Crippen molar-refractivity contribution < 1.29 is 33.8 Å². The summed E-state index contributed by atoms with van der Waals surface area (Å²) in [6, 6.07) is 6.74. The third-order valence-electron chi connectivity index (χ3n) is 6.07. The van der Waals surface area contributed by atoms with Gasteiger partial charge in [-0.15, -0.1) is 0 Å². The number of methoxy groups -OCH3 is 1. The lowest BCUT2D eigenvalue weighted by atomic mass is 9.97. The van der Waals surface area contributed by atoms with Gasteiger partial charge in [-0.05, 0) is 63.7 Å². The van der Waals surface area contributed by atoms with Crippen molar-refractivity contribution in [2.24, 2.45) is 11.7 Å². The molecule has 1 aromatic carbocycles. The molecule has 0 aliphatic heterocycles. The number of hydrogen-bond acceptors (Lipinski definition) is 8. The van der Waals surface area contributed by atoms with Crippen LogP contribution in [0.1, 0.15) is 77.6 Å². The van der Waals surface area contributed by atoms with Gasteiger partial charge in [-0.3, -0.25) is 9.59 Å². The number of hydrogen-bond donors (Lipinski definition) is 3.